The maximum atomic E-state index is 4.50. The number of benzene rings is 1. The zero-order valence-electron chi connectivity index (χ0n) is 9.42. The van der Waals surface area contributed by atoms with Crippen molar-refractivity contribution >= 4 is 65.9 Å². The van der Waals surface area contributed by atoms with Crippen LogP contribution in [-0.4, -0.2) is 9.97 Å². The molecule has 0 spiro atoms. The van der Waals surface area contributed by atoms with Gasteiger partial charge < -0.3 is 10.3 Å². The minimum atomic E-state index is 0.755. The summed E-state index contributed by atoms with van der Waals surface area (Å²) in [5.74, 6) is 0.755. The Kier molecular flexibility index (Phi) is 3.17. The predicted molar refractivity (Wildman–Crippen MR) is 83.8 cm³/mol. The molecular weight excluding hydrogens is 378 g/mol. The fourth-order valence-corrected chi connectivity index (χ4v) is 4.66. The van der Waals surface area contributed by atoms with Gasteiger partial charge in [-0.2, -0.15) is 0 Å². The van der Waals surface area contributed by atoms with E-state index in [1.54, 1.807) is 11.3 Å². The minimum Gasteiger partial charge on any atom is -0.324 e. The number of fused-ring (bicyclic) bond motifs is 1. The number of aromatic nitrogens is 2. The highest BCUT2D eigenvalue weighted by atomic mass is 79.9. The van der Waals surface area contributed by atoms with Crippen LogP contribution < -0.4 is 5.32 Å². The van der Waals surface area contributed by atoms with Crippen LogP contribution in [0, 0.1) is 6.92 Å². The molecule has 2 aromatic heterocycles. The lowest BCUT2D eigenvalue weighted by atomic mass is 10.3. The molecule has 18 heavy (non-hydrogen) atoms. The van der Waals surface area contributed by atoms with E-state index in [0.717, 1.165) is 30.2 Å². The number of rotatable bonds is 2. The van der Waals surface area contributed by atoms with Gasteiger partial charge in [0, 0.05) is 0 Å². The minimum absolute atomic E-state index is 0.755. The second-order valence-corrected chi connectivity index (χ2v) is 7.53. The highest BCUT2D eigenvalue weighted by molar-refractivity contribution is 9.12. The van der Waals surface area contributed by atoms with E-state index in [1.807, 2.05) is 24.3 Å². The van der Waals surface area contributed by atoms with E-state index in [4.69, 9.17) is 0 Å². The maximum absolute atomic E-state index is 4.50. The molecule has 0 aliphatic carbocycles. The highest BCUT2D eigenvalue weighted by Gasteiger charge is 2.13. The lowest BCUT2D eigenvalue weighted by Gasteiger charge is -2.02. The molecule has 1 aromatic carbocycles. The average molecular weight is 387 g/mol. The molecule has 0 unspecified atom stereocenters. The molecule has 0 radical (unpaired) electrons. The summed E-state index contributed by atoms with van der Waals surface area (Å²) in [5, 5.41) is 3.32. The van der Waals surface area contributed by atoms with Crippen LogP contribution in [0.2, 0.25) is 0 Å². The normalized spacial score (nSPS) is 11.1. The first-order chi connectivity index (χ1) is 8.65. The zero-order valence-corrected chi connectivity index (χ0v) is 13.4. The Morgan fingerprint density at radius 2 is 2.00 bits per heavy atom. The van der Waals surface area contributed by atoms with Gasteiger partial charge in [0.15, 0.2) is 0 Å². The van der Waals surface area contributed by atoms with E-state index < -0.39 is 0 Å². The number of nitrogens with one attached hydrogen (secondary N) is 2. The summed E-state index contributed by atoms with van der Waals surface area (Å²) in [6.07, 6.45) is 0. The summed E-state index contributed by atoms with van der Waals surface area (Å²) >= 11 is 8.74. The number of para-hydroxylation sites is 2. The van der Waals surface area contributed by atoms with Crippen LogP contribution >= 0.6 is 43.2 Å². The van der Waals surface area contributed by atoms with Gasteiger partial charge in [0.25, 0.3) is 0 Å². The molecule has 6 heteroatoms. The first-order valence-corrected chi connectivity index (χ1v) is 7.71. The quantitative estimate of drug-likeness (QED) is 0.635. The lowest BCUT2D eigenvalue weighted by molar-refractivity contribution is 1.30. The highest BCUT2D eigenvalue weighted by Crippen LogP contribution is 2.41. The Labute approximate surface area is 125 Å². The largest absolute Gasteiger partial charge is 0.324 e. The Bertz CT molecular complexity index is 684. The number of H-pyrrole nitrogens is 1. The number of hydrogen-bond acceptors (Lipinski definition) is 3. The fourth-order valence-electron chi connectivity index (χ4n) is 1.73. The van der Waals surface area contributed by atoms with Crippen molar-refractivity contribution in [3.63, 3.8) is 0 Å². The fraction of sp³-hybridized carbons (Fsp3) is 0.0833. The van der Waals surface area contributed by atoms with Crippen molar-refractivity contribution in [3.8, 4) is 0 Å². The monoisotopic (exact) mass is 385 g/mol. The smallest absolute Gasteiger partial charge is 0.205 e. The van der Waals surface area contributed by atoms with Crippen molar-refractivity contribution in [2.24, 2.45) is 0 Å². The van der Waals surface area contributed by atoms with Gasteiger partial charge in [-0.15, -0.1) is 11.3 Å². The van der Waals surface area contributed by atoms with E-state index in [0.29, 0.717) is 0 Å². The SMILES string of the molecule is Cc1c(Br)sc(Br)c1Nc1nc2ccccc2[nH]1. The van der Waals surface area contributed by atoms with Crippen LogP contribution in [0.3, 0.4) is 0 Å². The summed E-state index contributed by atoms with van der Waals surface area (Å²) in [4.78, 5) is 7.76. The number of hydrogen-bond donors (Lipinski definition) is 2. The molecule has 2 N–H and O–H groups in total. The van der Waals surface area contributed by atoms with Crippen LogP contribution in [0.4, 0.5) is 11.6 Å². The van der Waals surface area contributed by atoms with Gasteiger partial charge in [0.2, 0.25) is 5.95 Å². The molecule has 0 amide bonds. The van der Waals surface area contributed by atoms with Gasteiger partial charge in [0.1, 0.15) is 0 Å². The van der Waals surface area contributed by atoms with Gasteiger partial charge >= 0.3 is 0 Å². The number of aromatic amines is 1. The third-order valence-electron chi connectivity index (χ3n) is 2.68. The summed E-state index contributed by atoms with van der Waals surface area (Å²) in [6, 6.07) is 7.98. The second-order valence-electron chi connectivity index (χ2n) is 3.88. The lowest BCUT2D eigenvalue weighted by Crippen LogP contribution is -1.92. The van der Waals surface area contributed by atoms with Gasteiger partial charge in [-0.05, 0) is 56.5 Å². The molecule has 92 valence electrons. The topological polar surface area (TPSA) is 40.7 Å². The summed E-state index contributed by atoms with van der Waals surface area (Å²) in [5.41, 5.74) is 4.21. The Morgan fingerprint density at radius 3 is 2.67 bits per heavy atom. The van der Waals surface area contributed by atoms with Gasteiger partial charge in [-0.3, -0.25) is 0 Å². The summed E-state index contributed by atoms with van der Waals surface area (Å²) in [7, 11) is 0. The number of thiophene rings is 1. The molecule has 0 atom stereocenters. The second kappa shape index (κ2) is 4.68. The van der Waals surface area contributed by atoms with Crippen molar-refractivity contribution in [1.29, 1.82) is 0 Å². The molecular formula is C12H9Br2N3S. The molecule has 3 aromatic rings. The molecule has 0 aliphatic heterocycles. The standard InChI is InChI=1S/C12H9Br2N3S/c1-6-9(11(14)18-10(6)13)17-12-15-7-4-2-3-5-8(7)16-12/h2-5H,1H3,(H2,15,16,17). The molecule has 0 bridgehead atoms. The van der Waals surface area contributed by atoms with Gasteiger partial charge in [-0.25, -0.2) is 4.98 Å². The molecule has 0 aliphatic rings. The van der Waals surface area contributed by atoms with E-state index in [2.05, 4.69) is 54.1 Å². The predicted octanol–water partition coefficient (Wildman–Crippen LogP) is 5.20. The first-order valence-electron chi connectivity index (χ1n) is 5.31. The van der Waals surface area contributed by atoms with Crippen molar-refractivity contribution in [2.75, 3.05) is 5.32 Å². The van der Waals surface area contributed by atoms with Gasteiger partial charge in [0.05, 0.1) is 24.3 Å². The average Bonchev–Trinajstić information content (AvgIpc) is 2.86. The molecule has 3 nitrogen and oxygen atoms in total. The van der Waals surface area contributed by atoms with Crippen molar-refractivity contribution in [1.82, 2.24) is 9.97 Å². The molecule has 2 heterocycles. The van der Waals surface area contributed by atoms with Crippen molar-refractivity contribution < 1.29 is 0 Å². The molecule has 0 saturated heterocycles. The number of halogens is 2. The third-order valence-corrected chi connectivity index (χ3v) is 5.51. The summed E-state index contributed by atoms with van der Waals surface area (Å²) < 4.78 is 2.18. The van der Waals surface area contributed by atoms with E-state index in [1.165, 1.54) is 5.56 Å². The Morgan fingerprint density at radius 1 is 1.22 bits per heavy atom. The van der Waals surface area contributed by atoms with Crippen molar-refractivity contribution in [3.05, 3.63) is 37.4 Å². The van der Waals surface area contributed by atoms with Crippen LogP contribution in [0.25, 0.3) is 11.0 Å². The molecule has 0 saturated carbocycles. The Hall–Kier alpha value is -0.850. The summed E-state index contributed by atoms with van der Waals surface area (Å²) in [6.45, 7) is 2.07. The van der Waals surface area contributed by atoms with E-state index in [9.17, 15) is 0 Å². The van der Waals surface area contributed by atoms with Crippen LogP contribution in [0.15, 0.2) is 31.8 Å². The van der Waals surface area contributed by atoms with Crippen LogP contribution in [0.1, 0.15) is 5.56 Å². The van der Waals surface area contributed by atoms with E-state index >= 15 is 0 Å². The van der Waals surface area contributed by atoms with Crippen LogP contribution in [-0.2, 0) is 0 Å². The molecule has 0 fully saturated rings. The number of imidazole rings is 1. The third kappa shape index (κ3) is 2.08. The van der Waals surface area contributed by atoms with Gasteiger partial charge in [-0.1, -0.05) is 12.1 Å². The first kappa shape index (κ1) is 12.2. The zero-order chi connectivity index (χ0) is 12.7. The molecule has 3 rings (SSSR count). The van der Waals surface area contributed by atoms with Crippen LogP contribution in [0.5, 0.6) is 0 Å². The number of nitrogens with zero attached hydrogens (tertiary/aromatic N) is 1. The maximum Gasteiger partial charge on any atom is 0.205 e. The number of anilines is 2. The Balaban J connectivity index is 2.01. The van der Waals surface area contributed by atoms with Crippen molar-refractivity contribution in [2.45, 2.75) is 6.92 Å². The van der Waals surface area contributed by atoms with E-state index in [-0.39, 0.29) is 0 Å².